The van der Waals surface area contributed by atoms with Gasteiger partial charge in [-0.3, -0.25) is 14.2 Å². The molecule has 0 saturated carbocycles. The molecule has 3 rings (SSSR count). The highest BCUT2D eigenvalue weighted by atomic mass is 32.2. The smallest absolute Gasteiger partial charge is 0.335 e. The van der Waals surface area contributed by atoms with Crippen molar-refractivity contribution in [1.29, 1.82) is 0 Å². The van der Waals surface area contributed by atoms with Gasteiger partial charge in [0.05, 0.1) is 21.8 Å². The topological polar surface area (TPSA) is 110 Å². The minimum atomic E-state index is -4.17. The molecule has 2 aromatic carbocycles. The lowest BCUT2D eigenvalue weighted by Crippen LogP contribution is -2.23. The first kappa shape index (κ1) is 20.4. The first-order valence-electron chi connectivity index (χ1n) is 8.87. The summed E-state index contributed by atoms with van der Waals surface area (Å²) in [5.74, 6) is -1.39. The van der Waals surface area contributed by atoms with E-state index in [1.807, 2.05) is 19.9 Å². The predicted octanol–water partition coefficient (Wildman–Crippen LogP) is 2.80. The second-order valence-electron chi connectivity index (χ2n) is 6.83. The predicted molar refractivity (Wildman–Crippen MR) is 109 cm³/mol. The van der Waals surface area contributed by atoms with Gasteiger partial charge in [0.25, 0.3) is 15.6 Å². The van der Waals surface area contributed by atoms with E-state index >= 15 is 0 Å². The number of sulfonamides is 1. The van der Waals surface area contributed by atoms with Crippen LogP contribution in [0.15, 0.2) is 64.3 Å². The van der Waals surface area contributed by atoms with Crippen LogP contribution in [0.2, 0.25) is 0 Å². The van der Waals surface area contributed by atoms with Gasteiger partial charge in [0.2, 0.25) is 0 Å². The third-order valence-corrected chi connectivity index (χ3v) is 5.83. The van der Waals surface area contributed by atoms with Crippen LogP contribution in [-0.2, 0) is 17.1 Å². The fourth-order valence-corrected chi connectivity index (χ4v) is 4.35. The summed E-state index contributed by atoms with van der Waals surface area (Å²) in [4.78, 5) is 24.1. The van der Waals surface area contributed by atoms with E-state index in [4.69, 9.17) is 5.11 Å². The molecule has 2 N–H and O–H groups in total. The minimum Gasteiger partial charge on any atom is -0.478 e. The number of anilines is 1. The van der Waals surface area contributed by atoms with Crippen molar-refractivity contribution >= 4 is 21.7 Å². The number of hydrogen-bond donors (Lipinski definition) is 2. The fraction of sp³-hybridized carbons (Fsp3) is 0.200. The Morgan fingerprint density at radius 3 is 2.31 bits per heavy atom. The molecule has 0 spiro atoms. The number of hydrogen-bond acceptors (Lipinski definition) is 4. The molecule has 0 atom stereocenters. The SMILES string of the molecule is CC(C)c1c(NS(=O)(=O)c2cccc(C(=O)O)c2)c(=O)n(-c2ccccc2)n1C. The molecule has 0 aliphatic rings. The van der Waals surface area contributed by atoms with Crippen molar-refractivity contribution in [3.63, 3.8) is 0 Å². The number of carboxylic acids is 1. The summed E-state index contributed by atoms with van der Waals surface area (Å²) in [6, 6.07) is 13.9. The highest BCUT2D eigenvalue weighted by molar-refractivity contribution is 7.92. The second-order valence-corrected chi connectivity index (χ2v) is 8.51. The average molecular weight is 415 g/mol. The standard InChI is InChI=1S/C20H21N3O5S/c1-13(2)18-17(19(24)23(22(18)3)15-9-5-4-6-10-15)21-29(27,28)16-11-7-8-14(12-16)20(25)26/h4-13,21H,1-3H3,(H,25,26). The normalized spacial score (nSPS) is 11.6. The van der Waals surface area contributed by atoms with Crippen LogP contribution in [0.1, 0.15) is 35.8 Å². The maximum atomic E-state index is 13.1. The molecule has 1 heterocycles. The third kappa shape index (κ3) is 3.81. The molecule has 0 bridgehead atoms. The maximum Gasteiger partial charge on any atom is 0.335 e. The first-order chi connectivity index (χ1) is 13.6. The molecule has 0 amide bonds. The number of carboxylic acid groups (broad SMARTS) is 1. The number of rotatable bonds is 6. The van der Waals surface area contributed by atoms with Crippen LogP contribution in [0.3, 0.4) is 0 Å². The summed E-state index contributed by atoms with van der Waals surface area (Å²) in [5, 5.41) is 9.12. The number of nitrogens with one attached hydrogen (secondary N) is 1. The molecule has 0 aliphatic carbocycles. The van der Waals surface area contributed by atoms with Gasteiger partial charge < -0.3 is 5.11 Å². The van der Waals surface area contributed by atoms with Gasteiger partial charge >= 0.3 is 5.97 Å². The van der Waals surface area contributed by atoms with Gasteiger partial charge in [-0.05, 0) is 36.2 Å². The van der Waals surface area contributed by atoms with Gasteiger partial charge in [-0.1, -0.05) is 38.1 Å². The van der Waals surface area contributed by atoms with Crippen molar-refractivity contribution in [2.75, 3.05) is 4.72 Å². The Balaban J connectivity index is 2.15. The largest absolute Gasteiger partial charge is 0.478 e. The molecule has 8 nitrogen and oxygen atoms in total. The lowest BCUT2D eigenvalue weighted by atomic mass is 10.1. The lowest BCUT2D eigenvalue weighted by Gasteiger charge is -2.13. The zero-order chi connectivity index (χ0) is 21.3. The average Bonchev–Trinajstić information content (AvgIpc) is 2.92. The van der Waals surface area contributed by atoms with Gasteiger partial charge in [0.1, 0.15) is 5.69 Å². The van der Waals surface area contributed by atoms with E-state index in [-0.39, 0.29) is 22.1 Å². The van der Waals surface area contributed by atoms with Crippen molar-refractivity contribution in [1.82, 2.24) is 9.36 Å². The Kier molecular flexibility index (Phi) is 5.34. The number of para-hydroxylation sites is 1. The summed E-state index contributed by atoms with van der Waals surface area (Å²) >= 11 is 0. The molecular weight excluding hydrogens is 394 g/mol. The Morgan fingerprint density at radius 2 is 1.72 bits per heavy atom. The van der Waals surface area contributed by atoms with Gasteiger partial charge in [0, 0.05) is 7.05 Å². The molecule has 0 radical (unpaired) electrons. The lowest BCUT2D eigenvalue weighted by molar-refractivity contribution is 0.0696. The van der Waals surface area contributed by atoms with Gasteiger partial charge in [-0.2, -0.15) is 0 Å². The highest BCUT2D eigenvalue weighted by Crippen LogP contribution is 2.25. The van der Waals surface area contributed by atoms with Crippen LogP contribution in [0.25, 0.3) is 5.69 Å². The van der Waals surface area contributed by atoms with Crippen molar-refractivity contribution in [2.24, 2.45) is 7.05 Å². The van der Waals surface area contributed by atoms with E-state index in [9.17, 15) is 18.0 Å². The highest BCUT2D eigenvalue weighted by Gasteiger charge is 2.26. The van der Waals surface area contributed by atoms with Crippen LogP contribution in [0.5, 0.6) is 0 Å². The Hall–Kier alpha value is -3.33. The van der Waals surface area contributed by atoms with Crippen LogP contribution < -0.4 is 10.3 Å². The second kappa shape index (κ2) is 7.59. The Bertz CT molecular complexity index is 1220. The summed E-state index contributed by atoms with van der Waals surface area (Å²) in [7, 11) is -2.49. The molecule has 0 aliphatic heterocycles. The van der Waals surface area contributed by atoms with Gasteiger partial charge in [-0.15, -0.1) is 0 Å². The van der Waals surface area contributed by atoms with Gasteiger partial charge in [-0.25, -0.2) is 17.9 Å². The molecule has 152 valence electrons. The van der Waals surface area contributed by atoms with E-state index in [2.05, 4.69) is 4.72 Å². The summed E-state index contributed by atoms with van der Waals surface area (Å²) in [5.41, 5.74) is 0.371. The number of benzene rings is 2. The summed E-state index contributed by atoms with van der Waals surface area (Å²) in [6.07, 6.45) is 0. The van der Waals surface area contributed by atoms with E-state index < -0.39 is 21.6 Å². The molecular formula is C20H21N3O5S. The number of aromatic nitrogens is 2. The molecule has 29 heavy (non-hydrogen) atoms. The Morgan fingerprint density at radius 1 is 1.07 bits per heavy atom. The zero-order valence-corrected chi connectivity index (χ0v) is 17.0. The molecule has 3 aromatic rings. The van der Waals surface area contributed by atoms with Crippen LogP contribution >= 0.6 is 0 Å². The number of carbonyl (C=O) groups is 1. The minimum absolute atomic E-state index is 0.0629. The van der Waals surface area contributed by atoms with Crippen molar-refractivity contribution in [2.45, 2.75) is 24.7 Å². The summed E-state index contributed by atoms with van der Waals surface area (Å²) in [6.45, 7) is 3.71. The van der Waals surface area contributed by atoms with Crippen molar-refractivity contribution < 1.29 is 18.3 Å². The van der Waals surface area contributed by atoms with Crippen LogP contribution in [0.4, 0.5) is 5.69 Å². The van der Waals surface area contributed by atoms with E-state index in [1.54, 1.807) is 36.0 Å². The van der Waals surface area contributed by atoms with Crippen molar-refractivity contribution in [3.05, 3.63) is 76.2 Å². The Labute approximate surface area is 168 Å². The molecule has 0 fully saturated rings. The van der Waals surface area contributed by atoms with Crippen molar-refractivity contribution in [3.8, 4) is 5.69 Å². The van der Waals surface area contributed by atoms with Gasteiger partial charge in [0.15, 0.2) is 0 Å². The van der Waals surface area contributed by atoms with Crippen LogP contribution in [-0.4, -0.2) is 28.9 Å². The van der Waals surface area contributed by atoms with E-state index in [0.717, 1.165) is 6.07 Å². The van der Waals surface area contributed by atoms with E-state index in [0.29, 0.717) is 11.4 Å². The molecule has 0 saturated heterocycles. The quantitative estimate of drug-likeness (QED) is 0.643. The number of nitrogens with zero attached hydrogens (tertiary/aromatic N) is 2. The van der Waals surface area contributed by atoms with E-state index in [1.165, 1.54) is 22.9 Å². The first-order valence-corrected chi connectivity index (χ1v) is 10.4. The third-order valence-electron chi connectivity index (χ3n) is 4.49. The number of aromatic carboxylic acids is 1. The monoisotopic (exact) mass is 415 g/mol. The molecule has 9 heteroatoms. The zero-order valence-electron chi connectivity index (χ0n) is 16.2. The summed E-state index contributed by atoms with van der Waals surface area (Å²) < 4.78 is 31.2. The molecule has 1 aromatic heterocycles. The fourth-order valence-electron chi connectivity index (χ4n) is 3.23. The maximum absolute atomic E-state index is 13.1. The van der Waals surface area contributed by atoms with Crippen LogP contribution in [0, 0.1) is 0 Å². The molecule has 0 unspecified atom stereocenters.